The van der Waals surface area contributed by atoms with Gasteiger partial charge in [-0.25, -0.2) is 9.97 Å². The molecular formula is C17H13N3S. The second-order valence-electron chi connectivity index (χ2n) is 4.91. The number of aromatic amines is 1. The summed E-state index contributed by atoms with van der Waals surface area (Å²) in [4.78, 5) is 12.6. The minimum atomic E-state index is 0.848. The lowest BCUT2D eigenvalue weighted by Crippen LogP contribution is -1.88. The van der Waals surface area contributed by atoms with E-state index in [1.165, 1.54) is 5.56 Å². The molecule has 0 radical (unpaired) electrons. The van der Waals surface area contributed by atoms with Gasteiger partial charge in [0.2, 0.25) is 0 Å². The normalized spacial score (nSPS) is 11.0. The van der Waals surface area contributed by atoms with Crippen LogP contribution in [-0.4, -0.2) is 15.0 Å². The van der Waals surface area contributed by atoms with Gasteiger partial charge in [-0.2, -0.15) is 0 Å². The van der Waals surface area contributed by atoms with Crippen molar-refractivity contribution < 1.29 is 0 Å². The fraction of sp³-hybridized carbons (Fsp3) is 0.0588. The molecule has 102 valence electrons. The van der Waals surface area contributed by atoms with E-state index in [0.29, 0.717) is 0 Å². The third-order valence-corrected chi connectivity index (χ3v) is 4.27. The topological polar surface area (TPSA) is 41.6 Å². The van der Waals surface area contributed by atoms with Crippen molar-refractivity contribution in [3.63, 3.8) is 0 Å². The summed E-state index contributed by atoms with van der Waals surface area (Å²) in [6.07, 6.45) is 0.859. The second kappa shape index (κ2) is 5.14. The maximum atomic E-state index is 4.70. The Hall–Kier alpha value is -2.46. The van der Waals surface area contributed by atoms with E-state index in [4.69, 9.17) is 4.98 Å². The standard InChI is InChI=1S/C17H13N3S/c1-2-6-12(7-3-1)10-13-11-21-17(18-13)16-19-14-8-4-5-9-15(14)20-16/h1-9,11H,10H2,(H,19,20). The molecule has 4 heteroatoms. The van der Waals surface area contributed by atoms with Crippen molar-refractivity contribution >= 4 is 22.4 Å². The highest BCUT2D eigenvalue weighted by molar-refractivity contribution is 7.13. The van der Waals surface area contributed by atoms with Gasteiger partial charge in [0.25, 0.3) is 0 Å². The Kier molecular flexibility index (Phi) is 3.01. The number of para-hydroxylation sites is 2. The van der Waals surface area contributed by atoms with Crippen LogP contribution in [0.25, 0.3) is 21.9 Å². The number of benzene rings is 2. The van der Waals surface area contributed by atoms with E-state index in [-0.39, 0.29) is 0 Å². The zero-order chi connectivity index (χ0) is 14.1. The first-order valence-electron chi connectivity index (χ1n) is 6.82. The van der Waals surface area contributed by atoms with Crippen LogP contribution in [0.5, 0.6) is 0 Å². The lowest BCUT2D eigenvalue weighted by Gasteiger charge is -1.96. The Bertz CT molecular complexity index is 844. The summed E-state index contributed by atoms with van der Waals surface area (Å²) in [7, 11) is 0. The van der Waals surface area contributed by atoms with Crippen molar-refractivity contribution in [1.29, 1.82) is 0 Å². The number of imidazole rings is 1. The largest absolute Gasteiger partial charge is 0.336 e. The first kappa shape index (κ1) is 12.3. The SMILES string of the molecule is c1ccc(Cc2csc(-c3nc4ccccc4[nH]3)n2)cc1. The zero-order valence-electron chi connectivity index (χ0n) is 11.3. The predicted octanol–water partition coefficient (Wildman–Crippen LogP) is 4.28. The molecular weight excluding hydrogens is 278 g/mol. The highest BCUT2D eigenvalue weighted by atomic mass is 32.1. The third-order valence-electron chi connectivity index (χ3n) is 3.37. The van der Waals surface area contributed by atoms with Crippen LogP contribution in [0.2, 0.25) is 0 Å². The number of thiazole rings is 1. The Morgan fingerprint density at radius 2 is 1.71 bits per heavy atom. The Morgan fingerprint density at radius 1 is 0.905 bits per heavy atom. The molecule has 0 saturated heterocycles. The number of hydrogen-bond acceptors (Lipinski definition) is 3. The minimum absolute atomic E-state index is 0.848. The molecule has 2 heterocycles. The van der Waals surface area contributed by atoms with Gasteiger partial charge >= 0.3 is 0 Å². The van der Waals surface area contributed by atoms with E-state index in [2.05, 4.69) is 39.6 Å². The molecule has 0 unspecified atom stereocenters. The quantitative estimate of drug-likeness (QED) is 0.612. The average molecular weight is 291 g/mol. The van der Waals surface area contributed by atoms with Crippen LogP contribution in [0.3, 0.4) is 0 Å². The summed E-state index contributed by atoms with van der Waals surface area (Å²) >= 11 is 1.63. The summed E-state index contributed by atoms with van der Waals surface area (Å²) < 4.78 is 0. The summed E-state index contributed by atoms with van der Waals surface area (Å²) in [6, 6.07) is 18.4. The minimum Gasteiger partial charge on any atom is -0.336 e. The number of nitrogens with one attached hydrogen (secondary N) is 1. The molecule has 0 aliphatic carbocycles. The van der Waals surface area contributed by atoms with E-state index in [1.807, 2.05) is 30.3 Å². The van der Waals surface area contributed by atoms with Crippen LogP contribution in [0, 0.1) is 0 Å². The molecule has 21 heavy (non-hydrogen) atoms. The number of hydrogen-bond donors (Lipinski definition) is 1. The van der Waals surface area contributed by atoms with Crippen molar-refractivity contribution in [2.45, 2.75) is 6.42 Å². The molecule has 0 amide bonds. The predicted molar refractivity (Wildman–Crippen MR) is 86.4 cm³/mol. The zero-order valence-corrected chi connectivity index (χ0v) is 12.1. The molecule has 2 aromatic carbocycles. The van der Waals surface area contributed by atoms with E-state index in [1.54, 1.807) is 11.3 Å². The highest BCUT2D eigenvalue weighted by Crippen LogP contribution is 2.24. The summed E-state index contributed by atoms with van der Waals surface area (Å²) in [5.41, 5.74) is 4.39. The number of H-pyrrole nitrogens is 1. The van der Waals surface area contributed by atoms with Gasteiger partial charge in [-0.05, 0) is 17.7 Å². The average Bonchev–Trinajstić information content (AvgIpc) is 3.14. The third kappa shape index (κ3) is 2.45. The first-order valence-corrected chi connectivity index (χ1v) is 7.70. The van der Waals surface area contributed by atoms with E-state index in [0.717, 1.165) is 34.0 Å². The van der Waals surface area contributed by atoms with Crippen LogP contribution in [0.4, 0.5) is 0 Å². The maximum Gasteiger partial charge on any atom is 0.167 e. The molecule has 0 aliphatic heterocycles. The Morgan fingerprint density at radius 3 is 2.57 bits per heavy atom. The molecule has 0 aliphatic rings. The van der Waals surface area contributed by atoms with Gasteiger partial charge in [0.05, 0.1) is 16.7 Å². The molecule has 0 saturated carbocycles. The monoisotopic (exact) mass is 291 g/mol. The molecule has 4 aromatic rings. The van der Waals surface area contributed by atoms with Gasteiger partial charge in [0, 0.05) is 11.8 Å². The van der Waals surface area contributed by atoms with E-state index < -0.39 is 0 Å². The fourth-order valence-corrected chi connectivity index (χ4v) is 3.12. The molecule has 1 N–H and O–H groups in total. The molecule has 0 fully saturated rings. The number of fused-ring (bicyclic) bond motifs is 1. The highest BCUT2D eigenvalue weighted by Gasteiger charge is 2.09. The smallest absolute Gasteiger partial charge is 0.167 e. The van der Waals surface area contributed by atoms with Gasteiger partial charge in [-0.15, -0.1) is 11.3 Å². The Labute approximate surface area is 126 Å². The van der Waals surface area contributed by atoms with Crippen molar-refractivity contribution in [2.75, 3.05) is 0 Å². The first-order chi connectivity index (χ1) is 10.4. The number of rotatable bonds is 3. The molecule has 0 atom stereocenters. The number of nitrogens with zero attached hydrogens (tertiary/aromatic N) is 2. The van der Waals surface area contributed by atoms with Crippen molar-refractivity contribution in [3.8, 4) is 10.8 Å². The Balaban J connectivity index is 1.64. The van der Waals surface area contributed by atoms with Crippen molar-refractivity contribution in [1.82, 2.24) is 15.0 Å². The molecule has 0 bridgehead atoms. The van der Waals surface area contributed by atoms with Gasteiger partial charge in [-0.3, -0.25) is 0 Å². The van der Waals surface area contributed by atoms with Gasteiger partial charge < -0.3 is 4.98 Å². The van der Waals surface area contributed by atoms with Crippen LogP contribution < -0.4 is 0 Å². The van der Waals surface area contributed by atoms with E-state index >= 15 is 0 Å². The molecule has 2 aromatic heterocycles. The van der Waals surface area contributed by atoms with Gasteiger partial charge in [0.15, 0.2) is 10.8 Å². The lowest BCUT2D eigenvalue weighted by molar-refractivity contribution is 1.10. The lowest BCUT2D eigenvalue weighted by atomic mass is 10.1. The molecule has 3 nitrogen and oxygen atoms in total. The number of aromatic nitrogens is 3. The van der Waals surface area contributed by atoms with E-state index in [9.17, 15) is 0 Å². The maximum absolute atomic E-state index is 4.70. The van der Waals surface area contributed by atoms with Gasteiger partial charge in [-0.1, -0.05) is 42.5 Å². The summed E-state index contributed by atoms with van der Waals surface area (Å²) in [5, 5.41) is 3.05. The molecule has 4 rings (SSSR count). The second-order valence-corrected chi connectivity index (χ2v) is 5.77. The molecule has 0 spiro atoms. The van der Waals surface area contributed by atoms with Crippen LogP contribution in [-0.2, 0) is 6.42 Å². The summed E-state index contributed by atoms with van der Waals surface area (Å²) in [5.74, 6) is 0.848. The van der Waals surface area contributed by atoms with Crippen molar-refractivity contribution in [3.05, 3.63) is 71.2 Å². The van der Waals surface area contributed by atoms with Crippen molar-refractivity contribution in [2.24, 2.45) is 0 Å². The van der Waals surface area contributed by atoms with Gasteiger partial charge in [0.1, 0.15) is 0 Å². The van der Waals surface area contributed by atoms with Crippen LogP contribution in [0.15, 0.2) is 60.0 Å². The van der Waals surface area contributed by atoms with Crippen LogP contribution in [0.1, 0.15) is 11.3 Å². The van der Waals surface area contributed by atoms with Crippen LogP contribution >= 0.6 is 11.3 Å². The summed E-state index contributed by atoms with van der Waals surface area (Å²) in [6.45, 7) is 0. The fourth-order valence-electron chi connectivity index (χ4n) is 2.36.